The average molecular weight is 605 g/mol. The van der Waals surface area contributed by atoms with Crippen LogP contribution < -0.4 is 16.0 Å². The second-order valence-corrected chi connectivity index (χ2v) is 14.9. The Morgan fingerprint density at radius 3 is 2.25 bits per heavy atom. The molecular weight excluding hydrogens is 556 g/mol. The molecule has 3 saturated carbocycles. The molecular formula is C35H48N4O5. The molecule has 7 atom stereocenters. The van der Waals surface area contributed by atoms with Crippen molar-refractivity contribution in [3.05, 3.63) is 35.4 Å². The summed E-state index contributed by atoms with van der Waals surface area (Å²) >= 11 is 0. The van der Waals surface area contributed by atoms with Gasteiger partial charge in [-0.25, -0.2) is 0 Å². The lowest BCUT2D eigenvalue weighted by Crippen LogP contribution is -2.59. The molecule has 3 N–H and O–H groups in total. The summed E-state index contributed by atoms with van der Waals surface area (Å²) < 4.78 is 0. The van der Waals surface area contributed by atoms with Gasteiger partial charge in [0.1, 0.15) is 12.1 Å². The van der Waals surface area contributed by atoms with E-state index in [0.29, 0.717) is 50.0 Å². The van der Waals surface area contributed by atoms with Gasteiger partial charge in [-0.2, -0.15) is 0 Å². The van der Waals surface area contributed by atoms with Crippen molar-refractivity contribution in [3.63, 3.8) is 0 Å². The summed E-state index contributed by atoms with van der Waals surface area (Å²) in [4.78, 5) is 69.0. The number of hydrogen-bond donors (Lipinski definition) is 3. The van der Waals surface area contributed by atoms with Crippen LogP contribution in [0.25, 0.3) is 0 Å². The van der Waals surface area contributed by atoms with Crippen LogP contribution in [0.3, 0.4) is 0 Å². The summed E-state index contributed by atoms with van der Waals surface area (Å²) in [6.07, 6.45) is 7.48. The topological polar surface area (TPSA) is 125 Å². The van der Waals surface area contributed by atoms with E-state index in [1.165, 1.54) is 18.2 Å². The number of amides is 4. The summed E-state index contributed by atoms with van der Waals surface area (Å²) in [7, 11) is 1.41. The predicted octanol–water partition coefficient (Wildman–Crippen LogP) is 2.80. The Morgan fingerprint density at radius 2 is 1.66 bits per heavy atom. The van der Waals surface area contributed by atoms with Gasteiger partial charge in [-0.3, -0.25) is 24.0 Å². The van der Waals surface area contributed by atoms with Crippen LogP contribution in [0, 0.1) is 40.9 Å². The van der Waals surface area contributed by atoms with Crippen LogP contribution in [-0.2, 0) is 36.8 Å². The molecule has 4 fully saturated rings. The van der Waals surface area contributed by atoms with Gasteiger partial charge in [0.15, 0.2) is 0 Å². The molecule has 1 saturated heterocycles. The number of likely N-dealkylation sites (tertiary alicyclic amines) is 1. The molecule has 1 aromatic rings. The summed E-state index contributed by atoms with van der Waals surface area (Å²) in [5.74, 6) is -0.903. The predicted molar refractivity (Wildman–Crippen MR) is 165 cm³/mol. The van der Waals surface area contributed by atoms with Crippen molar-refractivity contribution in [3.8, 4) is 0 Å². The summed E-state index contributed by atoms with van der Waals surface area (Å²) in [6, 6.07) is 5.79. The molecule has 44 heavy (non-hydrogen) atoms. The molecule has 0 aromatic heterocycles. The number of carbonyl (C=O) groups is 5. The van der Waals surface area contributed by atoms with Gasteiger partial charge in [0.25, 0.3) is 5.91 Å². The van der Waals surface area contributed by atoms with Crippen molar-refractivity contribution in [1.29, 1.82) is 0 Å². The highest BCUT2D eigenvalue weighted by Crippen LogP contribution is 2.65. The van der Waals surface area contributed by atoms with Crippen LogP contribution in [0.5, 0.6) is 0 Å². The van der Waals surface area contributed by atoms with E-state index in [0.717, 1.165) is 32.1 Å². The Labute approximate surface area is 260 Å². The van der Waals surface area contributed by atoms with E-state index in [1.807, 2.05) is 12.1 Å². The molecule has 0 bridgehead atoms. The zero-order chi connectivity index (χ0) is 31.3. The van der Waals surface area contributed by atoms with E-state index in [9.17, 15) is 24.0 Å². The highest BCUT2D eigenvalue weighted by molar-refractivity contribution is 6.38. The molecule has 9 heteroatoms. The maximum atomic E-state index is 14.6. The Kier molecular flexibility index (Phi) is 8.35. The number of benzene rings is 1. The van der Waals surface area contributed by atoms with E-state index in [-0.39, 0.29) is 40.9 Å². The third-order valence-corrected chi connectivity index (χ3v) is 11.7. The largest absolute Gasteiger partial charge is 0.353 e. The molecule has 1 aromatic carbocycles. The standard InChI is InChI=1S/C35H48N4O5/c1-19-8-7-11-21(19)17-27(40)38-29(24-15-22-9-5-6-10-23(22)16-24)34(44)39-18-25-28(35(25,2)3)30(39)32(42)37-26(14-20-12-13-20)31(41)33(43)36-4/h5-6,9-10,19-21,24-26,28-30H,7-8,11-18H2,1-4H3,(H,36,43)(H,37,42)(H,38,40)/t19-,21+,25-,26?,28-,29-,30-/m0/s1. The third kappa shape index (κ3) is 5.91. The first-order valence-corrected chi connectivity index (χ1v) is 16.7. The van der Waals surface area contributed by atoms with Gasteiger partial charge in [-0.15, -0.1) is 0 Å². The number of piperidine rings is 1. The minimum atomic E-state index is -0.916. The molecule has 1 heterocycles. The molecule has 4 aliphatic carbocycles. The molecule has 6 rings (SSSR count). The van der Waals surface area contributed by atoms with Gasteiger partial charge >= 0.3 is 0 Å². The molecule has 5 aliphatic rings. The minimum absolute atomic E-state index is 0.0420. The van der Waals surface area contributed by atoms with E-state index < -0.39 is 29.8 Å². The van der Waals surface area contributed by atoms with E-state index >= 15 is 0 Å². The van der Waals surface area contributed by atoms with Gasteiger partial charge < -0.3 is 20.9 Å². The van der Waals surface area contributed by atoms with Crippen molar-refractivity contribution in [2.75, 3.05) is 13.6 Å². The van der Waals surface area contributed by atoms with Crippen molar-refractivity contribution in [2.45, 2.75) is 96.7 Å². The van der Waals surface area contributed by atoms with E-state index in [4.69, 9.17) is 0 Å². The number of hydrogen-bond acceptors (Lipinski definition) is 5. The molecule has 1 unspecified atom stereocenters. The zero-order valence-electron chi connectivity index (χ0n) is 26.6. The Hall–Kier alpha value is -3.23. The van der Waals surface area contributed by atoms with E-state index in [1.54, 1.807) is 4.90 Å². The number of fused-ring (bicyclic) bond motifs is 2. The Balaban J connectivity index is 1.23. The molecule has 0 radical (unpaired) electrons. The lowest BCUT2D eigenvalue weighted by Gasteiger charge is -2.35. The van der Waals surface area contributed by atoms with Crippen molar-refractivity contribution in [1.82, 2.24) is 20.9 Å². The van der Waals surface area contributed by atoms with Crippen molar-refractivity contribution < 1.29 is 24.0 Å². The molecule has 238 valence electrons. The molecule has 1 aliphatic heterocycles. The Morgan fingerprint density at radius 1 is 0.977 bits per heavy atom. The number of Topliss-reactive ketones (excluding diaryl/α,β-unsaturated/α-hetero) is 1. The van der Waals surface area contributed by atoms with Gasteiger partial charge in [0.2, 0.25) is 23.5 Å². The Bertz CT molecular complexity index is 1310. The third-order valence-electron chi connectivity index (χ3n) is 11.7. The van der Waals surface area contributed by atoms with Crippen LogP contribution in [-0.4, -0.2) is 66.0 Å². The maximum absolute atomic E-state index is 14.6. The number of carbonyl (C=O) groups excluding carboxylic acids is 5. The SMILES string of the molecule is CNC(=O)C(=O)C(CC1CC1)NC(=O)[C@@H]1[C@@H]2[C@H](CN1C(=O)[C@@H](NC(=O)C[C@H]1CCC[C@@H]1C)C1Cc3ccccc3C1)C2(C)C. The van der Waals surface area contributed by atoms with E-state index in [2.05, 4.69) is 48.9 Å². The number of nitrogens with one attached hydrogen (secondary N) is 3. The highest BCUT2D eigenvalue weighted by atomic mass is 16.2. The van der Waals surface area contributed by atoms with Gasteiger partial charge in [-0.05, 0) is 77.7 Å². The average Bonchev–Trinajstić information content (AvgIpc) is 3.63. The maximum Gasteiger partial charge on any atom is 0.289 e. The minimum Gasteiger partial charge on any atom is -0.353 e. The number of nitrogens with zero attached hydrogens (tertiary/aromatic N) is 1. The fourth-order valence-electron chi connectivity index (χ4n) is 8.65. The second-order valence-electron chi connectivity index (χ2n) is 14.9. The fourth-order valence-corrected chi connectivity index (χ4v) is 8.65. The van der Waals surface area contributed by atoms with Crippen LogP contribution in [0.1, 0.15) is 76.8 Å². The quantitative estimate of drug-likeness (QED) is 0.335. The van der Waals surface area contributed by atoms with Crippen LogP contribution in [0.4, 0.5) is 0 Å². The first-order valence-electron chi connectivity index (χ1n) is 16.7. The van der Waals surface area contributed by atoms with Gasteiger partial charge in [0, 0.05) is 20.0 Å². The summed E-state index contributed by atoms with van der Waals surface area (Å²) in [5.41, 5.74) is 2.28. The molecule has 9 nitrogen and oxygen atoms in total. The first kappa shape index (κ1) is 30.8. The zero-order valence-corrected chi connectivity index (χ0v) is 26.6. The lowest BCUT2D eigenvalue weighted by molar-refractivity contribution is -0.145. The molecule has 4 amide bonds. The number of ketones is 1. The monoisotopic (exact) mass is 604 g/mol. The summed E-state index contributed by atoms with van der Waals surface area (Å²) in [5, 5.41) is 8.48. The van der Waals surface area contributed by atoms with Crippen LogP contribution >= 0.6 is 0 Å². The first-order chi connectivity index (χ1) is 21.0. The van der Waals surface area contributed by atoms with Gasteiger partial charge in [-0.1, -0.05) is 70.7 Å². The van der Waals surface area contributed by atoms with Crippen LogP contribution in [0.15, 0.2) is 24.3 Å². The van der Waals surface area contributed by atoms with Crippen molar-refractivity contribution >= 4 is 29.4 Å². The van der Waals surface area contributed by atoms with Crippen LogP contribution in [0.2, 0.25) is 0 Å². The smallest absolute Gasteiger partial charge is 0.289 e. The van der Waals surface area contributed by atoms with Crippen molar-refractivity contribution in [2.24, 2.45) is 40.9 Å². The second kappa shape index (κ2) is 11.9. The molecule has 0 spiro atoms. The normalized spacial score (nSPS) is 29.7. The highest BCUT2D eigenvalue weighted by Gasteiger charge is 2.70. The number of rotatable bonds is 11. The fraction of sp³-hybridized carbons (Fsp3) is 0.686. The number of likely N-dealkylation sites (N-methyl/N-ethyl adjacent to an activating group) is 1. The lowest BCUT2D eigenvalue weighted by atomic mass is 9.91. The summed E-state index contributed by atoms with van der Waals surface area (Å²) in [6.45, 7) is 6.89. The van der Waals surface area contributed by atoms with Gasteiger partial charge in [0.05, 0.1) is 6.04 Å².